The van der Waals surface area contributed by atoms with Gasteiger partial charge in [0.1, 0.15) is 11.4 Å². The van der Waals surface area contributed by atoms with Crippen molar-refractivity contribution in [2.75, 3.05) is 18.4 Å². The molecular weight excluding hydrogens is 301 g/mol. The normalized spacial score (nSPS) is 11.7. The van der Waals surface area contributed by atoms with Gasteiger partial charge in [-0.2, -0.15) is 0 Å². The van der Waals surface area contributed by atoms with E-state index < -0.39 is 18.1 Å². The Balaban J connectivity index is 2.30. The molecule has 2 N–H and O–H groups in total. The van der Waals surface area contributed by atoms with E-state index in [1.54, 1.807) is 20.8 Å². The molecule has 0 saturated carbocycles. The molecule has 0 radical (unpaired) electrons. The van der Waals surface area contributed by atoms with Gasteiger partial charge < -0.3 is 20.1 Å². The van der Waals surface area contributed by atoms with Crippen molar-refractivity contribution >= 4 is 11.8 Å². The number of amides is 1. The fourth-order valence-corrected chi connectivity index (χ4v) is 1.46. The number of nitrogens with one attached hydrogen (secondary N) is 2. The first kappa shape index (κ1) is 17.9. The van der Waals surface area contributed by atoms with Crippen LogP contribution in [0.1, 0.15) is 20.8 Å². The molecule has 0 fully saturated rings. The van der Waals surface area contributed by atoms with Crippen molar-refractivity contribution in [3.8, 4) is 5.75 Å². The fraction of sp³-hybridized carbons (Fsp3) is 0.500. The lowest BCUT2D eigenvalue weighted by molar-refractivity contribution is -0.274. The maximum Gasteiger partial charge on any atom is 0.573 e. The zero-order valence-corrected chi connectivity index (χ0v) is 12.6. The number of ether oxygens (including phenoxy) is 2. The van der Waals surface area contributed by atoms with Crippen LogP contribution in [0.25, 0.3) is 0 Å². The van der Waals surface area contributed by atoms with E-state index in [9.17, 15) is 18.0 Å². The minimum atomic E-state index is -4.70. The monoisotopic (exact) mass is 320 g/mol. The zero-order valence-electron chi connectivity index (χ0n) is 12.6. The third kappa shape index (κ3) is 8.23. The van der Waals surface area contributed by atoms with E-state index >= 15 is 0 Å². The van der Waals surface area contributed by atoms with Gasteiger partial charge in [0.05, 0.1) is 0 Å². The Bertz CT molecular complexity index is 482. The first-order valence-electron chi connectivity index (χ1n) is 6.62. The van der Waals surface area contributed by atoms with Crippen molar-refractivity contribution in [2.24, 2.45) is 0 Å². The summed E-state index contributed by atoms with van der Waals surface area (Å²) in [5.41, 5.74) is 0.0479. The van der Waals surface area contributed by atoms with Gasteiger partial charge in [0.25, 0.3) is 0 Å². The van der Waals surface area contributed by atoms with Crippen molar-refractivity contribution in [2.45, 2.75) is 32.7 Å². The highest BCUT2D eigenvalue weighted by Gasteiger charge is 2.30. The molecule has 1 aromatic rings. The summed E-state index contributed by atoms with van der Waals surface area (Å²) in [6.45, 7) is 5.99. The summed E-state index contributed by atoms with van der Waals surface area (Å²) >= 11 is 0. The summed E-state index contributed by atoms with van der Waals surface area (Å²) in [7, 11) is 0. The summed E-state index contributed by atoms with van der Waals surface area (Å²) < 4.78 is 44.8. The van der Waals surface area contributed by atoms with Crippen LogP contribution in [0.5, 0.6) is 5.75 Å². The number of benzene rings is 1. The van der Waals surface area contributed by atoms with E-state index in [1.165, 1.54) is 24.3 Å². The number of hydrogen-bond donors (Lipinski definition) is 2. The van der Waals surface area contributed by atoms with Crippen molar-refractivity contribution in [1.82, 2.24) is 5.32 Å². The predicted octanol–water partition coefficient (Wildman–Crippen LogP) is 3.52. The van der Waals surface area contributed by atoms with Gasteiger partial charge in [-0.15, -0.1) is 13.2 Å². The smallest absolute Gasteiger partial charge is 0.444 e. The molecule has 8 heteroatoms. The highest BCUT2D eigenvalue weighted by Crippen LogP contribution is 2.23. The molecule has 5 nitrogen and oxygen atoms in total. The number of alkyl halides is 3. The maximum atomic E-state index is 12.0. The number of halogens is 3. The van der Waals surface area contributed by atoms with E-state index in [0.717, 1.165) is 0 Å². The molecule has 1 amide bonds. The quantitative estimate of drug-likeness (QED) is 0.815. The van der Waals surface area contributed by atoms with Crippen LogP contribution in [0.2, 0.25) is 0 Å². The van der Waals surface area contributed by atoms with Crippen LogP contribution >= 0.6 is 0 Å². The Labute approximate surface area is 126 Å². The molecule has 124 valence electrons. The second kappa shape index (κ2) is 7.24. The van der Waals surface area contributed by atoms with Crippen LogP contribution in [0.3, 0.4) is 0 Å². The van der Waals surface area contributed by atoms with Crippen LogP contribution < -0.4 is 15.4 Å². The molecule has 1 rings (SSSR count). The summed E-state index contributed by atoms with van der Waals surface area (Å²) in [4.78, 5) is 11.4. The summed E-state index contributed by atoms with van der Waals surface area (Å²) in [6.07, 6.45) is -5.23. The maximum absolute atomic E-state index is 12.0. The number of rotatable bonds is 5. The number of alkyl carbamates (subject to hydrolysis) is 1. The Kier molecular flexibility index (Phi) is 5.90. The van der Waals surface area contributed by atoms with E-state index in [-0.39, 0.29) is 5.75 Å². The number of carbonyl (C=O) groups excluding carboxylic acids is 1. The lowest BCUT2D eigenvalue weighted by Gasteiger charge is -2.19. The van der Waals surface area contributed by atoms with Crippen LogP contribution in [0.4, 0.5) is 23.7 Å². The first-order chi connectivity index (χ1) is 10.1. The van der Waals surface area contributed by atoms with Crippen LogP contribution in [0.15, 0.2) is 24.3 Å². The number of hydrogen-bond acceptors (Lipinski definition) is 4. The van der Waals surface area contributed by atoms with E-state index in [4.69, 9.17) is 4.74 Å². The molecule has 0 aliphatic rings. The van der Waals surface area contributed by atoms with E-state index in [0.29, 0.717) is 18.8 Å². The van der Waals surface area contributed by atoms with Crippen LogP contribution in [-0.4, -0.2) is 31.1 Å². The Morgan fingerprint density at radius 1 is 1.09 bits per heavy atom. The third-order valence-electron chi connectivity index (χ3n) is 2.21. The molecule has 22 heavy (non-hydrogen) atoms. The molecule has 0 aliphatic heterocycles. The lowest BCUT2D eigenvalue weighted by atomic mass is 10.2. The van der Waals surface area contributed by atoms with Gasteiger partial charge >= 0.3 is 12.5 Å². The second-order valence-corrected chi connectivity index (χ2v) is 5.43. The summed E-state index contributed by atoms with van der Waals surface area (Å²) in [5.74, 6) is -0.287. The third-order valence-corrected chi connectivity index (χ3v) is 2.21. The summed E-state index contributed by atoms with van der Waals surface area (Å²) in [6, 6.07) is 5.32. The summed E-state index contributed by atoms with van der Waals surface area (Å²) in [5, 5.41) is 5.50. The molecule has 0 atom stereocenters. The van der Waals surface area contributed by atoms with Gasteiger partial charge in [0.15, 0.2) is 0 Å². The van der Waals surface area contributed by atoms with Gasteiger partial charge in [-0.05, 0) is 45.0 Å². The highest BCUT2D eigenvalue weighted by atomic mass is 19.4. The topological polar surface area (TPSA) is 59.6 Å². The van der Waals surface area contributed by atoms with Gasteiger partial charge in [0.2, 0.25) is 0 Å². The highest BCUT2D eigenvalue weighted by molar-refractivity contribution is 5.67. The molecule has 0 aromatic heterocycles. The predicted molar refractivity (Wildman–Crippen MR) is 75.9 cm³/mol. The standard InChI is InChI=1S/C14H19F3N2O3/c1-13(2,3)22-12(20)19-9-8-18-10-4-6-11(7-5-10)21-14(15,16)17/h4-7,18H,8-9H2,1-3H3,(H,19,20). The first-order valence-corrected chi connectivity index (χ1v) is 6.62. The molecule has 0 saturated heterocycles. The minimum Gasteiger partial charge on any atom is -0.444 e. The van der Waals surface area contributed by atoms with Crippen molar-refractivity contribution in [3.63, 3.8) is 0 Å². The molecular formula is C14H19F3N2O3. The van der Waals surface area contributed by atoms with Gasteiger partial charge in [-0.1, -0.05) is 0 Å². The average Bonchev–Trinajstić information content (AvgIpc) is 2.32. The van der Waals surface area contributed by atoms with Crippen LogP contribution in [-0.2, 0) is 4.74 Å². The van der Waals surface area contributed by atoms with Crippen molar-refractivity contribution < 1.29 is 27.4 Å². The van der Waals surface area contributed by atoms with Crippen LogP contribution in [0, 0.1) is 0 Å². The van der Waals surface area contributed by atoms with Crippen molar-refractivity contribution in [1.29, 1.82) is 0 Å². The zero-order chi connectivity index (χ0) is 16.8. The van der Waals surface area contributed by atoms with E-state index in [1.807, 2.05) is 0 Å². The van der Waals surface area contributed by atoms with Gasteiger partial charge in [0, 0.05) is 18.8 Å². The SMILES string of the molecule is CC(C)(C)OC(=O)NCCNc1ccc(OC(F)(F)F)cc1. The van der Waals surface area contributed by atoms with Gasteiger partial charge in [-0.3, -0.25) is 0 Å². The largest absolute Gasteiger partial charge is 0.573 e. The molecule has 1 aromatic carbocycles. The van der Waals surface area contributed by atoms with Gasteiger partial charge in [-0.25, -0.2) is 4.79 Å². The fourth-order valence-electron chi connectivity index (χ4n) is 1.46. The lowest BCUT2D eigenvalue weighted by Crippen LogP contribution is -2.34. The second-order valence-electron chi connectivity index (χ2n) is 5.43. The Morgan fingerprint density at radius 3 is 2.18 bits per heavy atom. The molecule has 0 heterocycles. The number of carbonyl (C=O) groups is 1. The average molecular weight is 320 g/mol. The molecule has 0 unspecified atom stereocenters. The Hall–Kier alpha value is -2.12. The Morgan fingerprint density at radius 2 is 1.68 bits per heavy atom. The molecule has 0 spiro atoms. The molecule has 0 bridgehead atoms. The van der Waals surface area contributed by atoms with Crippen molar-refractivity contribution in [3.05, 3.63) is 24.3 Å². The molecule has 0 aliphatic carbocycles. The number of anilines is 1. The minimum absolute atomic E-state index is 0.287. The van der Waals surface area contributed by atoms with E-state index in [2.05, 4.69) is 15.4 Å².